The normalized spacial score (nSPS) is 13.3. The highest BCUT2D eigenvalue weighted by atomic mass is 19.1. The lowest BCUT2D eigenvalue weighted by Gasteiger charge is -1.99. The summed E-state index contributed by atoms with van der Waals surface area (Å²) in [6.45, 7) is 9.09. The molecule has 0 spiro atoms. The number of halogens is 1. The third-order valence-electron chi connectivity index (χ3n) is 1.64. The maximum Gasteiger partial charge on any atom is 0.134 e. The standard InChI is InChI=1S/C10H16FN/c1-5-6-8(2)10(4)12-7-9(3)11/h7H,3,5-6H2,1-2,4H3/b10-8-,12-7-. The van der Waals surface area contributed by atoms with E-state index in [1.807, 2.05) is 13.8 Å². The molecule has 0 heterocycles. The number of allylic oxidation sites excluding steroid dienone is 3. The first kappa shape index (κ1) is 11.1. The molecule has 0 aromatic heterocycles. The second kappa shape index (κ2) is 5.70. The summed E-state index contributed by atoms with van der Waals surface area (Å²) in [5.74, 6) is -0.501. The van der Waals surface area contributed by atoms with E-state index in [0.717, 1.165) is 24.8 Å². The molecule has 0 radical (unpaired) electrons. The lowest BCUT2D eigenvalue weighted by molar-refractivity contribution is 0.690. The fourth-order valence-electron chi connectivity index (χ4n) is 0.833. The average molecular weight is 169 g/mol. The van der Waals surface area contributed by atoms with Crippen LogP contribution in [0.3, 0.4) is 0 Å². The van der Waals surface area contributed by atoms with Crippen molar-refractivity contribution in [2.45, 2.75) is 33.6 Å². The van der Waals surface area contributed by atoms with Crippen molar-refractivity contribution in [3.05, 3.63) is 23.7 Å². The van der Waals surface area contributed by atoms with Gasteiger partial charge in [0.15, 0.2) is 0 Å². The lowest BCUT2D eigenvalue weighted by Crippen LogP contribution is -1.82. The van der Waals surface area contributed by atoms with Gasteiger partial charge < -0.3 is 0 Å². The molecule has 0 saturated carbocycles. The van der Waals surface area contributed by atoms with Gasteiger partial charge >= 0.3 is 0 Å². The molecule has 68 valence electrons. The van der Waals surface area contributed by atoms with Crippen LogP contribution in [-0.2, 0) is 0 Å². The van der Waals surface area contributed by atoms with Crippen LogP contribution in [0.1, 0.15) is 33.6 Å². The molecule has 0 aromatic rings. The van der Waals surface area contributed by atoms with E-state index in [2.05, 4.69) is 18.5 Å². The van der Waals surface area contributed by atoms with E-state index in [4.69, 9.17) is 0 Å². The van der Waals surface area contributed by atoms with E-state index in [-0.39, 0.29) is 0 Å². The zero-order chi connectivity index (χ0) is 9.56. The van der Waals surface area contributed by atoms with E-state index in [9.17, 15) is 4.39 Å². The van der Waals surface area contributed by atoms with Gasteiger partial charge in [0.2, 0.25) is 0 Å². The molecule has 1 nitrogen and oxygen atoms in total. The minimum absolute atomic E-state index is 0.501. The molecule has 0 aliphatic heterocycles. The van der Waals surface area contributed by atoms with Gasteiger partial charge in [-0.2, -0.15) is 0 Å². The van der Waals surface area contributed by atoms with Crippen molar-refractivity contribution in [1.29, 1.82) is 0 Å². The number of nitrogens with zero attached hydrogens (tertiary/aromatic N) is 1. The van der Waals surface area contributed by atoms with Crippen LogP contribution in [-0.4, -0.2) is 6.21 Å². The molecular weight excluding hydrogens is 153 g/mol. The van der Waals surface area contributed by atoms with E-state index in [1.54, 1.807) is 0 Å². The van der Waals surface area contributed by atoms with Crippen LogP contribution in [0.4, 0.5) is 4.39 Å². The molecule has 0 rings (SSSR count). The summed E-state index contributed by atoms with van der Waals surface area (Å²) in [6, 6.07) is 0. The Kier molecular flexibility index (Phi) is 5.26. The summed E-state index contributed by atoms with van der Waals surface area (Å²) in [7, 11) is 0. The SMILES string of the molecule is C=C(F)/C=N\C(C)=C(\C)CCC. The van der Waals surface area contributed by atoms with Crippen molar-refractivity contribution in [2.24, 2.45) is 4.99 Å². The molecule has 0 N–H and O–H groups in total. The Bertz CT molecular complexity index is 214. The van der Waals surface area contributed by atoms with Crippen LogP contribution in [0.15, 0.2) is 28.7 Å². The monoisotopic (exact) mass is 169 g/mol. The second-order valence-electron chi connectivity index (χ2n) is 2.82. The van der Waals surface area contributed by atoms with E-state index >= 15 is 0 Å². The summed E-state index contributed by atoms with van der Waals surface area (Å²) in [5, 5.41) is 0. The molecule has 0 unspecified atom stereocenters. The maximum atomic E-state index is 12.1. The van der Waals surface area contributed by atoms with E-state index in [0.29, 0.717) is 0 Å². The predicted octanol–water partition coefficient (Wildman–Crippen LogP) is 3.63. The van der Waals surface area contributed by atoms with Crippen molar-refractivity contribution >= 4 is 6.21 Å². The van der Waals surface area contributed by atoms with Gasteiger partial charge in [-0.05, 0) is 20.3 Å². The first-order valence-corrected chi connectivity index (χ1v) is 4.12. The quantitative estimate of drug-likeness (QED) is 0.570. The molecule has 0 aliphatic rings. The smallest absolute Gasteiger partial charge is 0.134 e. The largest absolute Gasteiger partial charge is 0.259 e. The third kappa shape index (κ3) is 4.83. The molecule has 12 heavy (non-hydrogen) atoms. The minimum Gasteiger partial charge on any atom is -0.259 e. The molecule has 0 atom stereocenters. The first-order valence-electron chi connectivity index (χ1n) is 4.12. The second-order valence-corrected chi connectivity index (χ2v) is 2.82. The Hall–Kier alpha value is -0.920. The summed E-state index contributed by atoms with van der Waals surface area (Å²) >= 11 is 0. The van der Waals surface area contributed by atoms with Gasteiger partial charge in [0.05, 0.1) is 6.21 Å². The van der Waals surface area contributed by atoms with Gasteiger partial charge in [0, 0.05) is 5.70 Å². The Morgan fingerprint density at radius 3 is 2.50 bits per heavy atom. The van der Waals surface area contributed by atoms with Crippen LogP contribution < -0.4 is 0 Å². The highest BCUT2D eigenvalue weighted by Gasteiger charge is 1.92. The maximum absolute atomic E-state index is 12.1. The number of hydrogen-bond acceptors (Lipinski definition) is 1. The van der Waals surface area contributed by atoms with Gasteiger partial charge in [-0.1, -0.05) is 25.5 Å². The highest BCUT2D eigenvalue weighted by molar-refractivity contribution is 5.75. The zero-order valence-corrected chi connectivity index (χ0v) is 8.02. The third-order valence-corrected chi connectivity index (χ3v) is 1.64. The predicted molar refractivity (Wildman–Crippen MR) is 52.0 cm³/mol. The number of aliphatic imine (C=N–C) groups is 1. The molecule has 0 amide bonds. The summed E-state index contributed by atoms with van der Waals surface area (Å²) < 4.78 is 12.1. The van der Waals surface area contributed by atoms with Crippen LogP contribution in [0, 0.1) is 0 Å². The molecule has 0 saturated heterocycles. The van der Waals surface area contributed by atoms with Crippen molar-refractivity contribution in [3.8, 4) is 0 Å². The summed E-state index contributed by atoms with van der Waals surface area (Å²) in [6.07, 6.45) is 3.26. The zero-order valence-electron chi connectivity index (χ0n) is 8.02. The summed E-state index contributed by atoms with van der Waals surface area (Å²) in [5.41, 5.74) is 2.09. The van der Waals surface area contributed by atoms with Gasteiger partial charge in [0.1, 0.15) is 5.83 Å². The van der Waals surface area contributed by atoms with Crippen LogP contribution in [0.25, 0.3) is 0 Å². The lowest BCUT2D eigenvalue weighted by atomic mass is 10.1. The fourth-order valence-corrected chi connectivity index (χ4v) is 0.833. The molecule has 0 fully saturated rings. The van der Waals surface area contributed by atoms with Gasteiger partial charge in [-0.15, -0.1) is 0 Å². The Labute approximate surface area is 73.7 Å². The average Bonchev–Trinajstić information content (AvgIpc) is 2.00. The van der Waals surface area contributed by atoms with Crippen LogP contribution in [0.2, 0.25) is 0 Å². The Morgan fingerprint density at radius 1 is 1.50 bits per heavy atom. The molecule has 0 aliphatic carbocycles. The van der Waals surface area contributed by atoms with Gasteiger partial charge in [-0.25, -0.2) is 4.39 Å². The van der Waals surface area contributed by atoms with Gasteiger partial charge in [0.25, 0.3) is 0 Å². The van der Waals surface area contributed by atoms with Crippen molar-refractivity contribution in [1.82, 2.24) is 0 Å². The Balaban J connectivity index is 4.25. The van der Waals surface area contributed by atoms with E-state index < -0.39 is 5.83 Å². The molecular formula is C10H16FN. The fraction of sp³-hybridized carbons (Fsp3) is 0.500. The molecule has 0 bridgehead atoms. The number of hydrogen-bond donors (Lipinski definition) is 0. The van der Waals surface area contributed by atoms with Crippen molar-refractivity contribution < 1.29 is 4.39 Å². The first-order chi connectivity index (χ1) is 5.57. The number of rotatable bonds is 4. The van der Waals surface area contributed by atoms with E-state index in [1.165, 1.54) is 5.57 Å². The summed E-state index contributed by atoms with van der Waals surface area (Å²) in [4.78, 5) is 3.92. The van der Waals surface area contributed by atoms with Crippen molar-refractivity contribution in [3.63, 3.8) is 0 Å². The van der Waals surface area contributed by atoms with Gasteiger partial charge in [-0.3, -0.25) is 4.99 Å². The molecule has 0 aromatic carbocycles. The minimum atomic E-state index is -0.501. The van der Waals surface area contributed by atoms with Crippen LogP contribution >= 0.6 is 0 Å². The topological polar surface area (TPSA) is 12.4 Å². The van der Waals surface area contributed by atoms with Crippen LogP contribution in [0.5, 0.6) is 0 Å². The van der Waals surface area contributed by atoms with Crippen molar-refractivity contribution in [2.75, 3.05) is 0 Å². The highest BCUT2D eigenvalue weighted by Crippen LogP contribution is 2.10. The Morgan fingerprint density at radius 2 is 2.08 bits per heavy atom. The molecule has 2 heteroatoms.